The van der Waals surface area contributed by atoms with E-state index in [0.717, 1.165) is 76.0 Å². The van der Waals surface area contributed by atoms with Crippen LogP contribution < -0.4 is 0 Å². The molecule has 2 unspecified atom stereocenters. The van der Waals surface area contributed by atoms with Crippen molar-refractivity contribution < 1.29 is 28.6 Å². The molecule has 0 aliphatic heterocycles. The summed E-state index contributed by atoms with van der Waals surface area (Å²) in [6, 6.07) is 0. The number of carbonyl (C=O) groups is 3. The molecular weight excluding hydrogens is 612 g/mol. The average Bonchev–Trinajstić information content (AvgIpc) is 3.10. The van der Waals surface area contributed by atoms with Crippen LogP contribution in [0.4, 0.5) is 0 Å². The fourth-order valence-electron chi connectivity index (χ4n) is 6.16. The maximum absolute atomic E-state index is 12.6. The third-order valence-electron chi connectivity index (χ3n) is 10.2. The van der Waals surface area contributed by atoms with Gasteiger partial charge in [0.25, 0.3) is 0 Å². The molecule has 0 radical (unpaired) electrons. The van der Waals surface area contributed by atoms with Crippen molar-refractivity contribution >= 4 is 17.9 Å². The summed E-state index contributed by atoms with van der Waals surface area (Å²) in [6.07, 6.45) is 32.5. The Morgan fingerprint density at radius 3 is 1.06 bits per heavy atom. The Morgan fingerprint density at radius 2 is 0.714 bits per heavy atom. The van der Waals surface area contributed by atoms with E-state index in [2.05, 4.69) is 34.6 Å². The predicted molar refractivity (Wildman–Crippen MR) is 206 cm³/mol. The number of hydrogen-bond donors (Lipinski definition) is 0. The highest BCUT2D eigenvalue weighted by atomic mass is 16.6. The van der Waals surface area contributed by atoms with Crippen molar-refractivity contribution in [2.45, 2.75) is 233 Å². The monoisotopic (exact) mass is 695 g/mol. The first-order valence-corrected chi connectivity index (χ1v) is 21.3. The first-order valence-electron chi connectivity index (χ1n) is 21.3. The number of carbonyl (C=O) groups excluding carboxylic acids is 3. The van der Waals surface area contributed by atoms with E-state index in [9.17, 15) is 14.4 Å². The summed E-state index contributed by atoms with van der Waals surface area (Å²) in [5, 5.41) is 0. The lowest BCUT2D eigenvalue weighted by molar-refractivity contribution is -0.167. The van der Waals surface area contributed by atoms with Crippen LogP contribution in [0.1, 0.15) is 227 Å². The Labute approximate surface area is 304 Å². The Balaban J connectivity index is 4.24. The molecule has 6 nitrogen and oxygen atoms in total. The maximum atomic E-state index is 12.6. The Bertz CT molecular complexity index is 753. The fraction of sp³-hybridized carbons (Fsp3) is 0.930. The van der Waals surface area contributed by atoms with Crippen molar-refractivity contribution in [3.63, 3.8) is 0 Å². The summed E-state index contributed by atoms with van der Waals surface area (Å²) in [7, 11) is 0. The van der Waals surface area contributed by atoms with Crippen molar-refractivity contribution in [3.8, 4) is 0 Å². The van der Waals surface area contributed by atoms with Crippen molar-refractivity contribution in [3.05, 3.63) is 0 Å². The second-order valence-corrected chi connectivity index (χ2v) is 15.1. The minimum absolute atomic E-state index is 0.0667. The van der Waals surface area contributed by atoms with Crippen LogP contribution in [-0.2, 0) is 28.6 Å². The molecule has 0 heterocycles. The van der Waals surface area contributed by atoms with Gasteiger partial charge in [-0.05, 0) is 31.1 Å². The molecule has 0 aromatic carbocycles. The number of hydrogen-bond acceptors (Lipinski definition) is 6. The van der Waals surface area contributed by atoms with E-state index in [1.165, 1.54) is 109 Å². The van der Waals surface area contributed by atoms with Crippen LogP contribution in [0, 0.1) is 11.8 Å². The molecule has 0 amide bonds. The quantitative estimate of drug-likeness (QED) is 0.0366. The highest BCUT2D eigenvalue weighted by Crippen LogP contribution is 2.17. The van der Waals surface area contributed by atoms with Gasteiger partial charge < -0.3 is 14.2 Å². The summed E-state index contributed by atoms with van der Waals surface area (Å²) in [5.41, 5.74) is 0. The summed E-state index contributed by atoms with van der Waals surface area (Å²) in [4.78, 5) is 37.4. The summed E-state index contributed by atoms with van der Waals surface area (Å²) in [6.45, 7) is 11.3. The number of ether oxygens (including phenoxy) is 3. The van der Waals surface area contributed by atoms with Crippen LogP contribution in [0.5, 0.6) is 0 Å². The van der Waals surface area contributed by atoms with E-state index < -0.39 is 6.10 Å². The molecular formula is C43H82O6. The SMILES string of the molecule is CCCCCCCC(=O)OC[C@H](COC(=O)CCCCCCCCCCCCC(C)CC)OC(=O)CCCCCCCCCCC(C)CC. The lowest BCUT2D eigenvalue weighted by Gasteiger charge is -2.18. The van der Waals surface area contributed by atoms with Crippen molar-refractivity contribution in [1.29, 1.82) is 0 Å². The van der Waals surface area contributed by atoms with Crippen LogP contribution in [-0.4, -0.2) is 37.2 Å². The number of unbranched alkanes of at least 4 members (excludes halogenated alkanes) is 20. The molecule has 0 saturated carbocycles. The first kappa shape index (κ1) is 47.4. The fourth-order valence-corrected chi connectivity index (χ4v) is 6.16. The molecule has 0 aliphatic carbocycles. The molecule has 0 aliphatic rings. The Hall–Kier alpha value is -1.59. The topological polar surface area (TPSA) is 78.9 Å². The molecule has 0 N–H and O–H groups in total. The second kappa shape index (κ2) is 36.2. The average molecular weight is 695 g/mol. The summed E-state index contributed by atoms with van der Waals surface area (Å²) >= 11 is 0. The molecule has 49 heavy (non-hydrogen) atoms. The summed E-state index contributed by atoms with van der Waals surface area (Å²) in [5.74, 6) is 0.838. The minimum atomic E-state index is -0.758. The van der Waals surface area contributed by atoms with E-state index in [4.69, 9.17) is 14.2 Å². The van der Waals surface area contributed by atoms with Crippen molar-refractivity contribution in [2.24, 2.45) is 11.8 Å². The van der Waals surface area contributed by atoms with Gasteiger partial charge in [0.05, 0.1) is 0 Å². The second-order valence-electron chi connectivity index (χ2n) is 15.1. The van der Waals surface area contributed by atoms with E-state index >= 15 is 0 Å². The molecule has 0 bridgehead atoms. The Kier molecular flexibility index (Phi) is 35.0. The number of esters is 3. The molecule has 0 spiro atoms. The van der Waals surface area contributed by atoms with Gasteiger partial charge >= 0.3 is 17.9 Å². The molecule has 3 atom stereocenters. The van der Waals surface area contributed by atoms with Gasteiger partial charge in [-0.3, -0.25) is 14.4 Å². The van der Waals surface area contributed by atoms with E-state index in [1.807, 2.05) is 0 Å². The van der Waals surface area contributed by atoms with Crippen LogP contribution in [0.15, 0.2) is 0 Å². The molecule has 0 rings (SSSR count). The van der Waals surface area contributed by atoms with Gasteiger partial charge in [0, 0.05) is 19.3 Å². The molecule has 0 fully saturated rings. The zero-order valence-electron chi connectivity index (χ0n) is 33.3. The highest BCUT2D eigenvalue weighted by molar-refractivity contribution is 5.71. The van der Waals surface area contributed by atoms with Gasteiger partial charge in [0.1, 0.15) is 13.2 Å². The van der Waals surface area contributed by atoms with Crippen LogP contribution >= 0.6 is 0 Å². The van der Waals surface area contributed by atoms with Gasteiger partial charge in [-0.2, -0.15) is 0 Å². The zero-order chi connectivity index (χ0) is 36.2. The van der Waals surface area contributed by atoms with Crippen molar-refractivity contribution in [2.75, 3.05) is 13.2 Å². The highest BCUT2D eigenvalue weighted by Gasteiger charge is 2.19. The lowest BCUT2D eigenvalue weighted by Crippen LogP contribution is -2.30. The van der Waals surface area contributed by atoms with E-state index in [0.29, 0.717) is 19.3 Å². The smallest absolute Gasteiger partial charge is 0.306 e. The maximum Gasteiger partial charge on any atom is 0.306 e. The predicted octanol–water partition coefficient (Wildman–Crippen LogP) is 13.0. The summed E-state index contributed by atoms with van der Waals surface area (Å²) < 4.78 is 16.6. The standard InChI is InChI=1S/C43H82O6/c1-6-9-10-21-28-33-41(44)47-36-40(49-43(46)35-30-25-20-16-15-18-23-27-32-39(5)8-3)37-48-42(45)34-29-24-19-14-12-11-13-17-22-26-31-38(4)7-2/h38-40H,6-37H2,1-5H3/t38?,39?,40-/m1/s1. The van der Waals surface area contributed by atoms with Gasteiger partial charge in [0.2, 0.25) is 0 Å². The molecule has 0 saturated heterocycles. The third kappa shape index (κ3) is 34.6. The lowest BCUT2D eigenvalue weighted by atomic mass is 9.99. The van der Waals surface area contributed by atoms with E-state index in [-0.39, 0.29) is 31.1 Å². The van der Waals surface area contributed by atoms with Gasteiger partial charge in [-0.1, -0.05) is 189 Å². The number of rotatable bonds is 37. The van der Waals surface area contributed by atoms with Crippen LogP contribution in [0.25, 0.3) is 0 Å². The molecule has 0 aromatic heterocycles. The van der Waals surface area contributed by atoms with Gasteiger partial charge in [-0.25, -0.2) is 0 Å². The molecule has 290 valence electrons. The van der Waals surface area contributed by atoms with Crippen LogP contribution in [0.2, 0.25) is 0 Å². The first-order chi connectivity index (χ1) is 23.8. The van der Waals surface area contributed by atoms with Gasteiger partial charge in [-0.15, -0.1) is 0 Å². The zero-order valence-corrected chi connectivity index (χ0v) is 33.3. The third-order valence-corrected chi connectivity index (χ3v) is 10.2. The normalized spacial score (nSPS) is 13.2. The molecule has 0 aromatic rings. The Morgan fingerprint density at radius 1 is 0.408 bits per heavy atom. The van der Waals surface area contributed by atoms with E-state index in [1.54, 1.807) is 0 Å². The van der Waals surface area contributed by atoms with Crippen LogP contribution in [0.3, 0.4) is 0 Å². The largest absolute Gasteiger partial charge is 0.462 e. The van der Waals surface area contributed by atoms with Crippen molar-refractivity contribution in [1.82, 2.24) is 0 Å². The van der Waals surface area contributed by atoms with Gasteiger partial charge in [0.15, 0.2) is 6.10 Å². The minimum Gasteiger partial charge on any atom is -0.462 e. The molecule has 6 heteroatoms.